The van der Waals surface area contributed by atoms with Crippen LogP contribution in [0.15, 0.2) is 30.3 Å². The molecule has 0 saturated heterocycles. The molecule has 104 valence electrons. The van der Waals surface area contributed by atoms with E-state index < -0.39 is 0 Å². The van der Waals surface area contributed by atoms with E-state index in [0.29, 0.717) is 0 Å². The molecule has 0 aliphatic heterocycles. The van der Waals surface area contributed by atoms with E-state index in [9.17, 15) is 0 Å². The molecule has 0 radical (unpaired) electrons. The minimum atomic E-state index is 0.236. The van der Waals surface area contributed by atoms with Crippen molar-refractivity contribution in [2.24, 2.45) is 0 Å². The highest BCUT2D eigenvalue weighted by molar-refractivity contribution is 7.99. The van der Waals surface area contributed by atoms with E-state index in [-0.39, 0.29) is 6.10 Å². The quantitative estimate of drug-likeness (QED) is 0.566. The predicted molar refractivity (Wildman–Crippen MR) is 87.5 cm³/mol. The van der Waals surface area contributed by atoms with Gasteiger partial charge in [-0.1, -0.05) is 37.3 Å². The van der Waals surface area contributed by atoms with Crippen molar-refractivity contribution in [2.45, 2.75) is 19.4 Å². The summed E-state index contributed by atoms with van der Waals surface area (Å²) in [6, 6.07) is 10.5. The van der Waals surface area contributed by atoms with Gasteiger partial charge in [0.05, 0.1) is 6.10 Å². The second kappa shape index (κ2) is 13.6. The molecule has 0 saturated carbocycles. The number of hydrogen-bond donors (Lipinski definition) is 1. The van der Waals surface area contributed by atoms with E-state index in [1.54, 1.807) is 6.26 Å². The van der Waals surface area contributed by atoms with Crippen LogP contribution in [0.5, 0.6) is 0 Å². The summed E-state index contributed by atoms with van der Waals surface area (Å²) in [6.07, 6.45) is 4.90. The van der Waals surface area contributed by atoms with Crippen molar-refractivity contribution in [2.75, 3.05) is 24.0 Å². The lowest BCUT2D eigenvalue weighted by Gasteiger charge is -2.15. The van der Waals surface area contributed by atoms with Crippen LogP contribution in [0, 0.1) is 0 Å². The molecule has 1 rings (SSSR count). The van der Waals surface area contributed by atoms with E-state index in [4.69, 9.17) is 8.74 Å². The first-order chi connectivity index (χ1) is 8.79. The van der Waals surface area contributed by atoms with Gasteiger partial charge in [0, 0.05) is 12.5 Å². The summed E-state index contributed by atoms with van der Waals surface area (Å²) < 4.78 is 13.2. The number of hydrogen-bond acceptors (Lipinski definition) is 5. The van der Waals surface area contributed by atoms with Gasteiger partial charge in [0.2, 0.25) is 0 Å². The Labute approximate surface area is 124 Å². The Morgan fingerprint density at radius 2 is 1.83 bits per heavy atom. The van der Waals surface area contributed by atoms with Crippen molar-refractivity contribution in [3.8, 4) is 0 Å². The van der Waals surface area contributed by atoms with Gasteiger partial charge in [-0.25, -0.2) is 0 Å². The molecule has 1 aromatic carbocycles. The standard InChI is InChI=1S/C12H18OS2.CH4OS/c1-3-15-10-9-12(13-14-2)11-7-5-4-6-8-11;1-3-2/h4-8,12H,3,9-10H2,1-2H3;2H,1H3. The summed E-state index contributed by atoms with van der Waals surface area (Å²) in [4.78, 5) is 0. The molecule has 0 amide bonds. The Bertz CT molecular complexity index is 270. The van der Waals surface area contributed by atoms with E-state index in [0.717, 1.165) is 24.2 Å². The molecule has 0 aliphatic carbocycles. The van der Waals surface area contributed by atoms with Crippen LogP contribution in [-0.4, -0.2) is 28.6 Å². The average molecular weight is 307 g/mol. The molecule has 0 spiro atoms. The molecule has 18 heavy (non-hydrogen) atoms. The third kappa shape index (κ3) is 9.16. The Balaban J connectivity index is 0.000000873. The molecular weight excluding hydrogens is 284 g/mol. The summed E-state index contributed by atoms with van der Waals surface area (Å²) in [7, 11) is 0. The lowest BCUT2D eigenvalue weighted by molar-refractivity contribution is 0.245. The molecular formula is C13H22O2S3. The van der Waals surface area contributed by atoms with E-state index in [1.165, 1.54) is 23.4 Å². The van der Waals surface area contributed by atoms with Gasteiger partial charge in [0.1, 0.15) is 0 Å². The fourth-order valence-corrected chi connectivity index (χ4v) is 2.50. The van der Waals surface area contributed by atoms with Gasteiger partial charge in [-0.3, -0.25) is 0 Å². The molecule has 2 nitrogen and oxygen atoms in total. The topological polar surface area (TPSA) is 29.5 Å². The van der Waals surface area contributed by atoms with Gasteiger partial charge in [0.25, 0.3) is 0 Å². The Morgan fingerprint density at radius 1 is 1.22 bits per heavy atom. The third-order valence-corrected chi connectivity index (χ3v) is 3.47. The van der Waals surface area contributed by atoms with Gasteiger partial charge >= 0.3 is 0 Å². The minimum Gasteiger partial charge on any atom is -0.330 e. The molecule has 0 bridgehead atoms. The number of rotatable bonds is 7. The fourth-order valence-electron chi connectivity index (χ4n) is 1.39. The maximum absolute atomic E-state index is 7.49. The Hall–Kier alpha value is 0.190. The van der Waals surface area contributed by atoms with Crippen molar-refractivity contribution in [1.29, 1.82) is 0 Å². The van der Waals surface area contributed by atoms with E-state index in [1.807, 2.05) is 24.1 Å². The molecule has 1 N–H and O–H groups in total. The van der Waals surface area contributed by atoms with E-state index >= 15 is 0 Å². The second-order valence-corrected chi connectivity index (χ2v) is 5.62. The van der Waals surface area contributed by atoms with Gasteiger partial charge in [-0.2, -0.15) is 11.8 Å². The highest BCUT2D eigenvalue weighted by Gasteiger charge is 2.10. The third-order valence-electron chi connectivity index (χ3n) is 2.11. The van der Waals surface area contributed by atoms with Crippen LogP contribution in [0.1, 0.15) is 25.0 Å². The number of thioether (sulfide) groups is 1. The largest absolute Gasteiger partial charge is 0.330 e. The summed E-state index contributed by atoms with van der Waals surface area (Å²) >= 11 is 4.17. The maximum atomic E-state index is 7.49. The van der Waals surface area contributed by atoms with Crippen LogP contribution in [0.4, 0.5) is 0 Å². The zero-order chi connectivity index (χ0) is 13.6. The lowest BCUT2D eigenvalue weighted by atomic mass is 10.1. The normalized spacial score (nSPS) is 11.6. The van der Waals surface area contributed by atoms with Crippen LogP contribution in [0.2, 0.25) is 0 Å². The molecule has 1 unspecified atom stereocenters. The zero-order valence-corrected chi connectivity index (χ0v) is 13.6. The highest BCUT2D eigenvalue weighted by atomic mass is 32.2. The molecule has 0 heterocycles. The maximum Gasteiger partial charge on any atom is 0.0979 e. The van der Waals surface area contributed by atoms with Gasteiger partial charge in [-0.15, -0.1) is 0 Å². The zero-order valence-electron chi connectivity index (χ0n) is 11.2. The van der Waals surface area contributed by atoms with Crippen molar-refractivity contribution in [3.05, 3.63) is 35.9 Å². The monoisotopic (exact) mass is 306 g/mol. The first-order valence-corrected chi connectivity index (χ1v) is 9.28. The van der Waals surface area contributed by atoms with Crippen molar-refractivity contribution >= 4 is 35.8 Å². The van der Waals surface area contributed by atoms with Crippen molar-refractivity contribution in [1.82, 2.24) is 0 Å². The van der Waals surface area contributed by atoms with E-state index in [2.05, 4.69) is 31.2 Å². The fraction of sp³-hybridized carbons (Fsp3) is 0.538. The molecule has 0 aromatic heterocycles. The van der Waals surface area contributed by atoms with Crippen LogP contribution < -0.4 is 0 Å². The number of benzene rings is 1. The minimum absolute atomic E-state index is 0.236. The smallest absolute Gasteiger partial charge is 0.0979 e. The predicted octanol–water partition coefficient (Wildman–Crippen LogP) is 4.99. The van der Waals surface area contributed by atoms with Crippen LogP contribution in [0.3, 0.4) is 0 Å². The average Bonchev–Trinajstić information content (AvgIpc) is 2.40. The van der Waals surface area contributed by atoms with Gasteiger partial charge in [-0.05, 0) is 47.6 Å². The molecule has 0 fully saturated rings. The highest BCUT2D eigenvalue weighted by Crippen LogP contribution is 2.26. The first-order valence-electron chi connectivity index (χ1n) is 5.79. The summed E-state index contributed by atoms with van der Waals surface area (Å²) in [5.74, 6) is 2.34. The summed E-state index contributed by atoms with van der Waals surface area (Å²) in [5.41, 5.74) is 1.28. The van der Waals surface area contributed by atoms with Gasteiger partial charge < -0.3 is 8.74 Å². The second-order valence-electron chi connectivity index (χ2n) is 3.33. The van der Waals surface area contributed by atoms with Gasteiger partial charge in [0.15, 0.2) is 0 Å². The molecule has 0 aliphatic rings. The van der Waals surface area contributed by atoms with Crippen LogP contribution in [-0.2, 0) is 4.18 Å². The SMILES string of the molecule is CCSCCC(OSC)c1ccccc1.CSO. The van der Waals surface area contributed by atoms with Crippen molar-refractivity contribution in [3.63, 3.8) is 0 Å². The van der Waals surface area contributed by atoms with Crippen LogP contribution >= 0.6 is 35.8 Å². The summed E-state index contributed by atoms with van der Waals surface area (Å²) in [6.45, 7) is 2.19. The first kappa shape index (κ1) is 18.2. The Morgan fingerprint density at radius 3 is 2.33 bits per heavy atom. The lowest BCUT2D eigenvalue weighted by Crippen LogP contribution is -2.01. The van der Waals surface area contributed by atoms with Crippen molar-refractivity contribution < 1.29 is 8.74 Å². The molecule has 1 aromatic rings. The summed E-state index contributed by atoms with van der Waals surface area (Å²) in [5, 5.41) is 0. The molecule has 1 atom stereocenters. The van der Waals surface area contributed by atoms with Crippen LogP contribution in [0.25, 0.3) is 0 Å². The molecule has 5 heteroatoms. The Kier molecular flexibility index (Phi) is 13.8.